The number of hydrogen-bond acceptors (Lipinski definition) is 6. The Morgan fingerprint density at radius 3 is 2.71 bits per heavy atom. The molecule has 134 valence electrons. The maximum Gasteiger partial charge on any atom is 0.255 e. The molecule has 24 heavy (non-hydrogen) atoms. The molecule has 0 spiro atoms. The van der Waals surface area contributed by atoms with E-state index in [4.69, 9.17) is 22.1 Å². The summed E-state index contributed by atoms with van der Waals surface area (Å²) in [4.78, 5) is 14.7. The van der Waals surface area contributed by atoms with Gasteiger partial charge in [-0.25, -0.2) is 0 Å². The van der Waals surface area contributed by atoms with E-state index in [1.807, 2.05) is 0 Å². The number of ether oxygens (including phenoxy) is 1. The van der Waals surface area contributed by atoms with Crippen LogP contribution in [0.5, 0.6) is 11.5 Å². The lowest BCUT2D eigenvalue weighted by atomic mass is 10.0. The van der Waals surface area contributed by atoms with Crippen LogP contribution in [-0.4, -0.2) is 60.4 Å². The fourth-order valence-corrected chi connectivity index (χ4v) is 3.01. The highest BCUT2D eigenvalue weighted by Gasteiger charge is 2.24. The van der Waals surface area contributed by atoms with E-state index in [9.17, 15) is 15.0 Å². The lowest BCUT2D eigenvalue weighted by molar-refractivity contribution is 0.0904. The summed E-state index contributed by atoms with van der Waals surface area (Å²) in [6, 6.07) is 1.29. The van der Waals surface area contributed by atoms with E-state index in [0.717, 1.165) is 45.5 Å². The number of piperidine rings is 1. The number of methoxy groups -OCH3 is 1. The fourth-order valence-electron chi connectivity index (χ4n) is 2.81. The Morgan fingerprint density at radius 2 is 2.08 bits per heavy atom. The average Bonchev–Trinajstić information content (AvgIpc) is 2.58. The molecule has 8 heteroatoms. The van der Waals surface area contributed by atoms with Crippen LogP contribution in [0.1, 0.15) is 29.6 Å². The zero-order valence-electron chi connectivity index (χ0n) is 13.7. The van der Waals surface area contributed by atoms with Crippen LogP contribution in [0.25, 0.3) is 0 Å². The summed E-state index contributed by atoms with van der Waals surface area (Å²) in [6.07, 6.45) is 2.65. The Kier molecular flexibility index (Phi) is 6.53. The van der Waals surface area contributed by atoms with Gasteiger partial charge < -0.3 is 30.9 Å². The second-order valence-corrected chi connectivity index (χ2v) is 6.36. The number of likely N-dealkylation sites (tertiary alicyclic amines) is 1. The molecule has 1 heterocycles. The number of carbonyl (C=O) groups is 1. The maximum absolute atomic E-state index is 12.3. The lowest BCUT2D eigenvalue weighted by Crippen LogP contribution is -2.45. The zero-order valence-corrected chi connectivity index (χ0v) is 14.5. The number of nitrogen functional groups attached to an aromatic ring is 1. The van der Waals surface area contributed by atoms with Gasteiger partial charge in [-0.05, 0) is 25.3 Å². The SMILES string of the molecule is COCCCN1CCC(NC(=O)c2cc(Cl)c(N)c(O)c2O)CC1. The molecule has 0 bridgehead atoms. The van der Waals surface area contributed by atoms with E-state index < -0.39 is 17.4 Å². The van der Waals surface area contributed by atoms with Crippen molar-refractivity contribution in [1.29, 1.82) is 0 Å². The highest BCUT2D eigenvalue weighted by molar-refractivity contribution is 6.34. The molecule has 0 unspecified atom stereocenters. The van der Waals surface area contributed by atoms with Crippen molar-refractivity contribution >= 4 is 23.2 Å². The van der Waals surface area contributed by atoms with Crippen molar-refractivity contribution < 1.29 is 19.7 Å². The molecule has 7 nitrogen and oxygen atoms in total. The van der Waals surface area contributed by atoms with E-state index in [2.05, 4.69) is 10.2 Å². The van der Waals surface area contributed by atoms with Crippen molar-refractivity contribution in [2.45, 2.75) is 25.3 Å². The van der Waals surface area contributed by atoms with Crippen LogP contribution in [-0.2, 0) is 4.74 Å². The molecule has 0 atom stereocenters. The molecular formula is C16H24ClN3O4. The van der Waals surface area contributed by atoms with E-state index in [-0.39, 0.29) is 22.3 Å². The second kappa shape index (κ2) is 8.41. The average molecular weight is 358 g/mol. The summed E-state index contributed by atoms with van der Waals surface area (Å²) in [5.41, 5.74) is 5.29. The first-order valence-corrected chi connectivity index (χ1v) is 8.34. The van der Waals surface area contributed by atoms with Crippen LogP contribution in [0, 0.1) is 0 Å². The number of rotatable bonds is 6. The fraction of sp³-hybridized carbons (Fsp3) is 0.562. The van der Waals surface area contributed by atoms with Crippen molar-refractivity contribution in [3.05, 3.63) is 16.7 Å². The Morgan fingerprint density at radius 1 is 1.42 bits per heavy atom. The summed E-state index contributed by atoms with van der Waals surface area (Å²) in [7, 11) is 1.69. The first kappa shape index (κ1) is 18.6. The number of hydrogen-bond donors (Lipinski definition) is 4. The number of halogens is 1. The predicted octanol–water partition coefficient (Wildman–Crippen LogP) is 1.56. The Labute approximate surface area is 146 Å². The summed E-state index contributed by atoms with van der Waals surface area (Å²) < 4.78 is 5.05. The number of phenols is 2. The number of aromatic hydroxyl groups is 2. The number of carbonyl (C=O) groups excluding carboxylic acids is 1. The van der Waals surface area contributed by atoms with Crippen LogP contribution in [0.2, 0.25) is 5.02 Å². The smallest absolute Gasteiger partial charge is 0.255 e. The third kappa shape index (κ3) is 4.43. The van der Waals surface area contributed by atoms with Gasteiger partial charge in [0.05, 0.1) is 16.3 Å². The summed E-state index contributed by atoms with van der Waals surface area (Å²) in [6.45, 7) is 3.52. The van der Waals surface area contributed by atoms with Crippen molar-refractivity contribution in [2.24, 2.45) is 0 Å². The zero-order chi connectivity index (χ0) is 17.7. The lowest BCUT2D eigenvalue weighted by Gasteiger charge is -2.32. The normalized spacial score (nSPS) is 16.2. The first-order valence-electron chi connectivity index (χ1n) is 7.96. The van der Waals surface area contributed by atoms with Gasteiger partial charge in [0.2, 0.25) is 0 Å². The molecule has 1 saturated heterocycles. The van der Waals surface area contributed by atoms with E-state index >= 15 is 0 Å². The van der Waals surface area contributed by atoms with Crippen LogP contribution >= 0.6 is 11.6 Å². The standard InChI is InChI=1S/C16H24ClN3O4/c1-24-8-2-5-20-6-3-10(4-7-20)19-16(23)11-9-12(17)13(18)15(22)14(11)21/h9-10,21-22H,2-8,18H2,1H3,(H,19,23). The van der Waals surface area contributed by atoms with Crippen molar-refractivity contribution in [3.8, 4) is 11.5 Å². The molecular weight excluding hydrogens is 334 g/mol. The molecule has 1 aliphatic rings. The van der Waals surface area contributed by atoms with Gasteiger partial charge in [-0.1, -0.05) is 11.6 Å². The number of anilines is 1. The van der Waals surface area contributed by atoms with E-state index in [1.165, 1.54) is 6.07 Å². The molecule has 2 rings (SSSR count). The second-order valence-electron chi connectivity index (χ2n) is 5.95. The van der Waals surface area contributed by atoms with Gasteiger partial charge in [-0.3, -0.25) is 4.79 Å². The number of amides is 1. The van der Waals surface area contributed by atoms with Gasteiger partial charge in [0, 0.05) is 39.4 Å². The third-order valence-corrected chi connectivity index (χ3v) is 4.57. The number of phenolic OH excluding ortho intramolecular Hbond substituents is 2. The first-order chi connectivity index (χ1) is 11.4. The Balaban J connectivity index is 1.90. The summed E-state index contributed by atoms with van der Waals surface area (Å²) in [5, 5.41) is 22.5. The molecule has 1 fully saturated rings. The Bertz CT molecular complexity index is 589. The highest BCUT2D eigenvalue weighted by atomic mass is 35.5. The summed E-state index contributed by atoms with van der Waals surface area (Å²) in [5.74, 6) is -1.59. The minimum absolute atomic E-state index is 0.0223. The van der Waals surface area contributed by atoms with Gasteiger partial charge in [0.1, 0.15) is 0 Å². The molecule has 1 aromatic rings. The molecule has 5 N–H and O–H groups in total. The van der Waals surface area contributed by atoms with E-state index in [1.54, 1.807) is 7.11 Å². The summed E-state index contributed by atoms with van der Waals surface area (Å²) >= 11 is 5.86. The number of nitrogens with zero attached hydrogens (tertiary/aromatic N) is 1. The van der Waals surface area contributed by atoms with E-state index in [0.29, 0.717) is 0 Å². The number of nitrogens with one attached hydrogen (secondary N) is 1. The van der Waals surface area contributed by atoms with Crippen LogP contribution in [0.4, 0.5) is 5.69 Å². The minimum atomic E-state index is -0.569. The van der Waals surface area contributed by atoms with Crippen molar-refractivity contribution in [3.63, 3.8) is 0 Å². The third-order valence-electron chi connectivity index (χ3n) is 4.25. The maximum atomic E-state index is 12.3. The highest BCUT2D eigenvalue weighted by Crippen LogP contribution is 2.39. The van der Waals surface area contributed by atoms with Gasteiger partial charge in [0.15, 0.2) is 11.5 Å². The molecule has 0 radical (unpaired) electrons. The largest absolute Gasteiger partial charge is 0.504 e. The van der Waals surface area contributed by atoms with Crippen molar-refractivity contribution in [2.75, 3.05) is 39.1 Å². The quantitative estimate of drug-likeness (QED) is 0.349. The van der Waals surface area contributed by atoms with Gasteiger partial charge in [-0.15, -0.1) is 0 Å². The molecule has 1 amide bonds. The van der Waals surface area contributed by atoms with Crippen LogP contribution in [0.3, 0.4) is 0 Å². The van der Waals surface area contributed by atoms with Crippen LogP contribution in [0.15, 0.2) is 6.07 Å². The number of nitrogens with two attached hydrogens (primary N) is 1. The molecule has 1 aromatic carbocycles. The monoisotopic (exact) mass is 357 g/mol. The topological polar surface area (TPSA) is 108 Å². The molecule has 0 aliphatic carbocycles. The van der Waals surface area contributed by atoms with Crippen molar-refractivity contribution in [1.82, 2.24) is 10.2 Å². The molecule has 0 aromatic heterocycles. The minimum Gasteiger partial charge on any atom is -0.504 e. The number of benzene rings is 1. The van der Waals surface area contributed by atoms with Gasteiger partial charge in [-0.2, -0.15) is 0 Å². The molecule has 1 aliphatic heterocycles. The van der Waals surface area contributed by atoms with Gasteiger partial charge in [0.25, 0.3) is 5.91 Å². The Hall–Kier alpha value is -1.70. The van der Waals surface area contributed by atoms with Crippen LogP contribution < -0.4 is 11.1 Å². The molecule has 0 saturated carbocycles. The predicted molar refractivity (Wildman–Crippen MR) is 92.6 cm³/mol. The van der Waals surface area contributed by atoms with Gasteiger partial charge >= 0.3 is 0 Å².